The number of halogens is 1. The first kappa shape index (κ1) is 11.5. The van der Waals surface area contributed by atoms with Crippen LogP contribution in [0.2, 0.25) is 0 Å². The molecule has 1 aromatic carbocycles. The molecule has 0 atom stereocenters. The van der Waals surface area contributed by atoms with Crippen LogP contribution in [0.4, 0.5) is 0 Å². The molecule has 0 amide bonds. The van der Waals surface area contributed by atoms with E-state index in [9.17, 15) is 0 Å². The summed E-state index contributed by atoms with van der Waals surface area (Å²) >= 11 is 2.36. The molecule has 3 nitrogen and oxygen atoms in total. The Bertz CT molecular complexity index is 514. The Morgan fingerprint density at radius 2 is 2.00 bits per heavy atom. The molecular weight excluding hydrogens is 325 g/mol. The Balaban J connectivity index is 1.77. The van der Waals surface area contributed by atoms with Gasteiger partial charge in [0.2, 0.25) is 0 Å². The molecule has 2 aromatic rings. The highest BCUT2D eigenvalue weighted by atomic mass is 127. The fourth-order valence-corrected chi connectivity index (χ4v) is 2.94. The Hall–Kier alpha value is -0.620. The molecule has 17 heavy (non-hydrogen) atoms. The van der Waals surface area contributed by atoms with Gasteiger partial charge in [-0.15, -0.1) is 0 Å². The van der Waals surface area contributed by atoms with Gasteiger partial charge in [-0.2, -0.15) is 5.10 Å². The zero-order valence-electron chi connectivity index (χ0n) is 9.77. The van der Waals surface area contributed by atoms with Gasteiger partial charge in [-0.25, -0.2) is 0 Å². The zero-order chi connectivity index (χ0) is 11.7. The number of fused-ring (bicyclic) bond motifs is 1. The van der Waals surface area contributed by atoms with Gasteiger partial charge in [0.05, 0.1) is 18.3 Å². The van der Waals surface area contributed by atoms with Gasteiger partial charge < -0.3 is 4.90 Å². The lowest BCUT2D eigenvalue weighted by Crippen LogP contribution is -2.24. The van der Waals surface area contributed by atoms with Gasteiger partial charge in [0.25, 0.3) is 0 Å². The Kier molecular flexibility index (Phi) is 3.33. The minimum atomic E-state index is 1.00. The molecule has 0 aliphatic carbocycles. The monoisotopic (exact) mass is 341 g/mol. The van der Waals surface area contributed by atoms with E-state index in [1.165, 1.54) is 40.4 Å². The second-order valence-corrected chi connectivity index (χ2v) is 5.87. The molecular formula is C13H16IN3. The predicted molar refractivity (Wildman–Crippen MR) is 78.1 cm³/mol. The van der Waals surface area contributed by atoms with Crippen molar-refractivity contribution in [2.45, 2.75) is 19.4 Å². The highest BCUT2D eigenvalue weighted by molar-refractivity contribution is 14.1. The maximum absolute atomic E-state index is 4.48. The van der Waals surface area contributed by atoms with Crippen molar-refractivity contribution in [1.29, 1.82) is 0 Å². The number of nitrogens with zero attached hydrogens (tertiary/aromatic N) is 3. The van der Waals surface area contributed by atoms with Crippen molar-refractivity contribution in [3.8, 4) is 0 Å². The normalized spacial score (nSPS) is 17.0. The van der Waals surface area contributed by atoms with E-state index >= 15 is 0 Å². The Morgan fingerprint density at radius 3 is 2.82 bits per heavy atom. The molecule has 0 radical (unpaired) electrons. The fourth-order valence-electron chi connectivity index (χ4n) is 2.46. The third kappa shape index (κ3) is 2.47. The summed E-state index contributed by atoms with van der Waals surface area (Å²) in [5.41, 5.74) is 1.26. The van der Waals surface area contributed by atoms with E-state index in [-0.39, 0.29) is 0 Å². The minimum absolute atomic E-state index is 1.00. The fraction of sp³-hybridized carbons (Fsp3) is 0.462. The topological polar surface area (TPSA) is 21.1 Å². The van der Waals surface area contributed by atoms with Gasteiger partial charge in [0.1, 0.15) is 0 Å². The zero-order valence-corrected chi connectivity index (χ0v) is 11.9. The van der Waals surface area contributed by atoms with E-state index in [0.717, 1.165) is 13.1 Å². The van der Waals surface area contributed by atoms with Crippen LogP contribution in [-0.2, 0) is 6.54 Å². The smallest absolute Gasteiger partial charge is 0.0693 e. The summed E-state index contributed by atoms with van der Waals surface area (Å²) in [4.78, 5) is 2.53. The van der Waals surface area contributed by atoms with Crippen LogP contribution < -0.4 is 0 Å². The van der Waals surface area contributed by atoms with Gasteiger partial charge >= 0.3 is 0 Å². The molecule has 0 bridgehead atoms. The summed E-state index contributed by atoms with van der Waals surface area (Å²) in [5, 5.41) is 5.73. The van der Waals surface area contributed by atoms with Gasteiger partial charge in [0, 0.05) is 15.5 Å². The van der Waals surface area contributed by atoms with Crippen molar-refractivity contribution in [1.82, 2.24) is 14.7 Å². The van der Waals surface area contributed by atoms with Gasteiger partial charge in [-0.05, 0) is 60.7 Å². The van der Waals surface area contributed by atoms with Crippen LogP contribution in [0.3, 0.4) is 0 Å². The Labute approximate surface area is 115 Å². The van der Waals surface area contributed by atoms with Crippen molar-refractivity contribution in [2.75, 3.05) is 19.6 Å². The van der Waals surface area contributed by atoms with E-state index in [4.69, 9.17) is 0 Å². The molecule has 0 spiro atoms. The molecule has 1 fully saturated rings. The standard InChI is InChI=1S/C13H16IN3/c14-12-4-3-11-10-15-17(13(11)9-12)8-7-16-5-1-2-6-16/h3-4,9-10H,1-2,5-8H2. The molecule has 90 valence electrons. The lowest BCUT2D eigenvalue weighted by molar-refractivity contribution is 0.318. The summed E-state index contributed by atoms with van der Waals surface area (Å²) in [7, 11) is 0. The third-order valence-electron chi connectivity index (χ3n) is 3.43. The number of hydrogen-bond donors (Lipinski definition) is 0. The number of rotatable bonds is 3. The predicted octanol–water partition coefficient (Wildman–Crippen LogP) is 2.74. The molecule has 4 heteroatoms. The lowest BCUT2D eigenvalue weighted by Gasteiger charge is -2.14. The van der Waals surface area contributed by atoms with Crippen LogP contribution in [0.15, 0.2) is 24.4 Å². The molecule has 1 aliphatic rings. The summed E-state index contributed by atoms with van der Waals surface area (Å²) in [5.74, 6) is 0. The molecule has 3 rings (SSSR count). The van der Waals surface area contributed by atoms with Crippen LogP contribution in [0, 0.1) is 3.57 Å². The second kappa shape index (κ2) is 4.94. The first-order valence-corrected chi connectivity index (χ1v) is 7.24. The van der Waals surface area contributed by atoms with Crippen LogP contribution in [-0.4, -0.2) is 34.3 Å². The van der Waals surface area contributed by atoms with E-state index in [0.29, 0.717) is 0 Å². The van der Waals surface area contributed by atoms with Crippen LogP contribution in [0.5, 0.6) is 0 Å². The third-order valence-corrected chi connectivity index (χ3v) is 4.10. The maximum Gasteiger partial charge on any atom is 0.0693 e. The number of benzene rings is 1. The number of likely N-dealkylation sites (tertiary alicyclic amines) is 1. The molecule has 1 aromatic heterocycles. The second-order valence-electron chi connectivity index (χ2n) is 4.62. The molecule has 0 saturated carbocycles. The van der Waals surface area contributed by atoms with Crippen molar-refractivity contribution in [3.63, 3.8) is 0 Å². The first-order chi connectivity index (χ1) is 8.33. The SMILES string of the molecule is Ic1ccc2cnn(CCN3CCCC3)c2c1. The molecule has 0 unspecified atom stereocenters. The van der Waals surface area contributed by atoms with Gasteiger partial charge in [0.15, 0.2) is 0 Å². The van der Waals surface area contributed by atoms with Crippen LogP contribution in [0.1, 0.15) is 12.8 Å². The van der Waals surface area contributed by atoms with Gasteiger partial charge in [-0.1, -0.05) is 6.07 Å². The average Bonchev–Trinajstić information content (AvgIpc) is 2.94. The van der Waals surface area contributed by atoms with Crippen molar-refractivity contribution in [2.24, 2.45) is 0 Å². The van der Waals surface area contributed by atoms with Crippen molar-refractivity contribution in [3.05, 3.63) is 28.0 Å². The van der Waals surface area contributed by atoms with E-state index in [1.807, 2.05) is 6.20 Å². The highest BCUT2D eigenvalue weighted by Crippen LogP contribution is 2.17. The maximum atomic E-state index is 4.48. The summed E-state index contributed by atoms with van der Waals surface area (Å²) in [6, 6.07) is 6.50. The van der Waals surface area contributed by atoms with Gasteiger partial charge in [-0.3, -0.25) is 4.68 Å². The first-order valence-electron chi connectivity index (χ1n) is 6.16. The van der Waals surface area contributed by atoms with Crippen LogP contribution in [0.25, 0.3) is 10.9 Å². The molecule has 1 aliphatic heterocycles. The largest absolute Gasteiger partial charge is 0.301 e. The van der Waals surface area contributed by atoms with E-state index in [2.05, 4.69) is 55.5 Å². The van der Waals surface area contributed by atoms with Crippen molar-refractivity contribution < 1.29 is 0 Å². The number of hydrogen-bond acceptors (Lipinski definition) is 2. The summed E-state index contributed by atoms with van der Waals surface area (Å²) in [6.07, 6.45) is 4.69. The highest BCUT2D eigenvalue weighted by Gasteiger charge is 2.11. The van der Waals surface area contributed by atoms with E-state index in [1.54, 1.807) is 0 Å². The molecule has 0 N–H and O–H groups in total. The molecule has 2 heterocycles. The summed E-state index contributed by atoms with van der Waals surface area (Å²) < 4.78 is 3.41. The van der Waals surface area contributed by atoms with E-state index < -0.39 is 0 Å². The Morgan fingerprint density at radius 1 is 1.18 bits per heavy atom. The number of aromatic nitrogens is 2. The van der Waals surface area contributed by atoms with Crippen molar-refractivity contribution >= 4 is 33.5 Å². The minimum Gasteiger partial charge on any atom is -0.301 e. The summed E-state index contributed by atoms with van der Waals surface area (Å²) in [6.45, 7) is 4.65. The van der Waals surface area contributed by atoms with Crippen LogP contribution >= 0.6 is 22.6 Å². The lowest BCUT2D eigenvalue weighted by atomic mass is 10.2. The average molecular weight is 341 g/mol. The molecule has 1 saturated heterocycles. The quantitative estimate of drug-likeness (QED) is 0.801.